The normalized spacial score (nSPS) is 16.8. The molecule has 39 heavy (non-hydrogen) atoms. The van der Waals surface area contributed by atoms with E-state index in [-0.39, 0.29) is 30.5 Å². The Hall–Kier alpha value is -3.48. The van der Waals surface area contributed by atoms with Crippen molar-refractivity contribution in [2.24, 2.45) is 11.5 Å². The lowest BCUT2D eigenvalue weighted by Gasteiger charge is -2.29. The minimum Gasteiger partial charge on any atom is -0.394 e. The van der Waals surface area contributed by atoms with Gasteiger partial charge in [-0.25, -0.2) is 0 Å². The van der Waals surface area contributed by atoms with Gasteiger partial charge in [-0.2, -0.15) is 0 Å². The molecule has 0 aromatic heterocycles. The van der Waals surface area contributed by atoms with Crippen LogP contribution in [-0.4, -0.2) is 125 Å². The molecule has 7 amide bonds. The van der Waals surface area contributed by atoms with Crippen LogP contribution in [0.5, 0.6) is 0 Å². The summed E-state index contributed by atoms with van der Waals surface area (Å²) >= 11 is 1.10. The van der Waals surface area contributed by atoms with Crippen LogP contribution < -0.4 is 38.1 Å². The Morgan fingerprint density at radius 3 is 2.15 bits per heavy atom. The van der Waals surface area contributed by atoms with Crippen LogP contribution in [0.1, 0.15) is 19.8 Å². The smallest absolute Gasteiger partial charge is 0.248 e. The van der Waals surface area contributed by atoms with E-state index in [1.807, 2.05) is 0 Å². The molecule has 0 aromatic rings. The highest BCUT2D eigenvalue weighted by Gasteiger charge is 2.38. The summed E-state index contributed by atoms with van der Waals surface area (Å²) in [5.74, 6) is -4.81. The van der Waals surface area contributed by atoms with Crippen molar-refractivity contribution in [1.29, 1.82) is 0 Å². The monoisotopic (exact) mass is 576 g/mol. The number of thioether (sulfide) groups is 1. The number of carbonyl (C=O) groups is 7. The van der Waals surface area contributed by atoms with E-state index in [2.05, 4.69) is 26.6 Å². The second-order valence-corrected chi connectivity index (χ2v) is 9.46. The van der Waals surface area contributed by atoms with E-state index in [4.69, 9.17) is 16.6 Å². The van der Waals surface area contributed by atoms with Crippen molar-refractivity contribution in [2.75, 3.05) is 44.5 Å². The van der Waals surface area contributed by atoms with Crippen LogP contribution >= 0.6 is 11.8 Å². The van der Waals surface area contributed by atoms with Crippen LogP contribution in [0.15, 0.2) is 0 Å². The first kappa shape index (κ1) is 33.5. The van der Waals surface area contributed by atoms with E-state index >= 15 is 0 Å². The largest absolute Gasteiger partial charge is 0.394 e. The average molecular weight is 577 g/mol. The number of hydrogen-bond donors (Lipinski definition) is 9. The summed E-state index contributed by atoms with van der Waals surface area (Å²) < 4.78 is 0. The molecule has 1 aliphatic heterocycles. The topological polar surface area (TPSA) is 275 Å². The molecule has 0 bridgehead atoms. The average Bonchev–Trinajstić information content (AvgIpc) is 3.39. The number of nitrogens with two attached hydrogens (primary N) is 2. The van der Waals surface area contributed by atoms with E-state index in [1.54, 1.807) is 0 Å². The molecule has 220 valence electrons. The molecule has 0 aromatic carbocycles. The maximum Gasteiger partial charge on any atom is 0.248 e. The molecule has 0 aliphatic carbocycles. The lowest BCUT2D eigenvalue weighted by molar-refractivity contribution is -0.142. The third kappa shape index (κ3) is 11.4. The van der Waals surface area contributed by atoms with Gasteiger partial charge < -0.3 is 53.2 Å². The minimum absolute atomic E-state index is 0.0213. The SMILES string of the molecule is CC(=O)NCSCC(NC(=O)C1CCCN1C(=O)C(CO)NC(=O)CN)C(=O)NCC(=O)NC(CO)C(N)=O. The van der Waals surface area contributed by atoms with E-state index in [0.717, 1.165) is 11.8 Å². The van der Waals surface area contributed by atoms with E-state index < -0.39 is 85.9 Å². The number of amides is 7. The van der Waals surface area contributed by atoms with Crippen LogP contribution in [-0.2, 0) is 33.6 Å². The number of nitrogens with zero attached hydrogens (tertiary/aromatic N) is 1. The van der Waals surface area contributed by atoms with Crippen molar-refractivity contribution in [3.05, 3.63) is 0 Å². The Morgan fingerprint density at radius 2 is 1.59 bits per heavy atom. The molecular formula is C21H36N8O9S. The van der Waals surface area contributed by atoms with Gasteiger partial charge in [0.05, 0.1) is 32.2 Å². The second-order valence-electron chi connectivity index (χ2n) is 8.43. The molecule has 1 fully saturated rings. The van der Waals surface area contributed by atoms with Gasteiger partial charge in [0.15, 0.2) is 0 Å². The first-order valence-corrected chi connectivity index (χ1v) is 13.1. The molecule has 1 rings (SSSR count). The second kappa shape index (κ2) is 17.2. The van der Waals surface area contributed by atoms with Crippen molar-refractivity contribution < 1.29 is 43.8 Å². The zero-order valence-corrected chi connectivity index (χ0v) is 22.3. The summed E-state index contributed by atoms with van der Waals surface area (Å²) in [5, 5.41) is 30.4. The molecular weight excluding hydrogens is 540 g/mol. The summed E-state index contributed by atoms with van der Waals surface area (Å²) in [5.41, 5.74) is 10.3. The number of rotatable bonds is 16. The molecule has 1 aliphatic rings. The predicted octanol–water partition coefficient (Wildman–Crippen LogP) is -6.20. The number of hydrogen-bond acceptors (Lipinski definition) is 11. The molecule has 4 atom stereocenters. The zero-order valence-electron chi connectivity index (χ0n) is 21.4. The molecule has 1 heterocycles. The summed E-state index contributed by atoms with van der Waals surface area (Å²) in [6, 6.07) is -4.84. The predicted molar refractivity (Wildman–Crippen MR) is 137 cm³/mol. The Bertz CT molecular complexity index is 922. The number of carbonyl (C=O) groups excluding carboxylic acids is 7. The summed E-state index contributed by atoms with van der Waals surface area (Å²) in [6.45, 7) is -0.975. The van der Waals surface area contributed by atoms with Gasteiger partial charge in [0.2, 0.25) is 41.4 Å². The molecule has 4 unspecified atom stereocenters. The van der Waals surface area contributed by atoms with Gasteiger partial charge in [-0.15, -0.1) is 11.8 Å². The molecule has 1 saturated heterocycles. The quantitative estimate of drug-likeness (QED) is 0.0615. The number of likely N-dealkylation sites (tertiary alicyclic amines) is 1. The maximum atomic E-state index is 13.1. The fraction of sp³-hybridized carbons (Fsp3) is 0.667. The van der Waals surface area contributed by atoms with Gasteiger partial charge in [-0.1, -0.05) is 0 Å². The molecule has 0 spiro atoms. The molecule has 0 radical (unpaired) electrons. The Morgan fingerprint density at radius 1 is 0.949 bits per heavy atom. The Labute approximate surface area is 228 Å². The molecule has 11 N–H and O–H groups in total. The van der Waals surface area contributed by atoms with Gasteiger partial charge in [0.25, 0.3) is 0 Å². The fourth-order valence-electron chi connectivity index (χ4n) is 3.46. The van der Waals surface area contributed by atoms with Crippen molar-refractivity contribution in [1.82, 2.24) is 31.5 Å². The minimum atomic E-state index is -1.35. The van der Waals surface area contributed by atoms with E-state index in [9.17, 15) is 38.7 Å². The zero-order chi connectivity index (χ0) is 29.5. The first-order valence-electron chi connectivity index (χ1n) is 12.0. The first-order chi connectivity index (χ1) is 18.4. The number of aliphatic hydroxyl groups excluding tert-OH is 2. The van der Waals surface area contributed by atoms with Crippen LogP contribution in [0.2, 0.25) is 0 Å². The Balaban J connectivity index is 2.90. The highest BCUT2D eigenvalue weighted by Crippen LogP contribution is 2.19. The number of nitrogens with one attached hydrogen (secondary N) is 5. The van der Waals surface area contributed by atoms with Crippen LogP contribution in [0, 0.1) is 0 Å². The summed E-state index contributed by atoms with van der Waals surface area (Å²) in [4.78, 5) is 85.9. The maximum absolute atomic E-state index is 13.1. The van der Waals surface area contributed by atoms with Crippen molar-refractivity contribution in [3.63, 3.8) is 0 Å². The van der Waals surface area contributed by atoms with Crippen LogP contribution in [0.4, 0.5) is 0 Å². The summed E-state index contributed by atoms with van der Waals surface area (Å²) in [6.07, 6.45) is 0.707. The standard InChI is InChI=1S/C21H36N8O9S/c1-11(32)25-10-39-9-14(19(36)24-6-17(34)26-12(7-30)18(23)35)28-20(37)15-3-2-4-29(15)21(38)13(8-31)27-16(33)5-22/h12-15,30-31H,2-10,22H2,1H3,(H2,23,35)(H,24,36)(H,25,32)(H,26,34)(H,27,33)(H,28,37). The highest BCUT2D eigenvalue weighted by atomic mass is 32.2. The molecule has 17 nitrogen and oxygen atoms in total. The van der Waals surface area contributed by atoms with Gasteiger partial charge in [-0.05, 0) is 12.8 Å². The fourth-order valence-corrected chi connectivity index (χ4v) is 4.36. The lowest BCUT2D eigenvalue weighted by Crippen LogP contribution is -2.58. The van der Waals surface area contributed by atoms with Crippen molar-refractivity contribution in [3.8, 4) is 0 Å². The Kier molecular flexibility index (Phi) is 14.8. The summed E-state index contributed by atoms with van der Waals surface area (Å²) in [7, 11) is 0. The van der Waals surface area contributed by atoms with Crippen LogP contribution in [0.25, 0.3) is 0 Å². The van der Waals surface area contributed by atoms with Crippen molar-refractivity contribution in [2.45, 2.75) is 43.9 Å². The number of primary amides is 1. The van der Waals surface area contributed by atoms with Crippen LogP contribution in [0.3, 0.4) is 0 Å². The van der Waals surface area contributed by atoms with Crippen molar-refractivity contribution >= 4 is 53.1 Å². The lowest BCUT2D eigenvalue weighted by atomic mass is 10.1. The third-order valence-corrected chi connectivity index (χ3v) is 6.38. The van der Waals surface area contributed by atoms with Gasteiger partial charge in [-0.3, -0.25) is 33.6 Å². The third-order valence-electron chi connectivity index (χ3n) is 5.46. The highest BCUT2D eigenvalue weighted by molar-refractivity contribution is 7.99. The van der Waals surface area contributed by atoms with Gasteiger partial charge in [0.1, 0.15) is 24.2 Å². The van der Waals surface area contributed by atoms with Gasteiger partial charge >= 0.3 is 0 Å². The van der Waals surface area contributed by atoms with E-state index in [0.29, 0.717) is 6.42 Å². The molecule has 0 saturated carbocycles. The van der Waals surface area contributed by atoms with Gasteiger partial charge in [0, 0.05) is 19.2 Å². The van der Waals surface area contributed by atoms with E-state index in [1.165, 1.54) is 11.8 Å². The number of aliphatic hydroxyl groups is 2. The molecule has 18 heteroatoms.